The van der Waals surface area contributed by atoms with Crippen molar-refractivity contribution in [3.8, 4) is 5.75 Å². The van der Waals surface area contributed by atoms with Gasteiger partial charge in [-0.2, -0.15) is 4.99 Å². The van der Waals surface area contributed by atoms with Crippen molar-refractivity contribution in [3.63, 3.8) is 0 Å². The van der Waals surface area contributed by atoms with Crippen molar-refractivity contribution in [2.75, 3.05) is 0 Å². The van der Waals surface area contributed by atoms with E-state index in [-0.39, 0.29) is 11.7 Å². The predicted octanol–water partition coefficient (Wildman–Crippen LogP) is 6.01. The first-order chi connectivity index (χ1) is 15.0. The molecular weight excluding hydrogens is 390 g/mol. The minimum absolute atomic E-state index is 0.0622. The second-order valence-corrected chi connectivity index (χ2v) is 8.90. The maximum atomic E-state index is 12.9. The molecule has 1 saturated carbocycles. The van der Waals surface area contributed by atoms with Crippen LogP contribution in [-0.4, -0.2) is 26.8 Å². The number of imidazole rings is 1. The van der Waals surface area contributed by atoms with E-state index in [2.05, 4.69) is 11.9 Å². The highest BCUT2D eigenvalue weighted by molar-refractivity contribution is 6.00. The number of benzene rings is 1. The lowest BCUT2D eigenvalue weighted by atomic mass is 9.89. The highest BCUT2D eigenvalue weighted by Crippen LogP contribution is 2.35. The topological polar surface area (TPSA) is 87.6 Å². The molecular formula is C25H33N3O3. The number of Topliss-reactive ketones (excluding diaryl/α,β-unsaturated/α-hetero) is 1. The highest BCUT2D eigenvalue weighted by Gasteiger charge is 2.29. The molecule has 0 spiro atoms. The highest BCUT2D eigenvalue weighted by atomic mass is 16.5. The first-order valence-corrected chi connectivity index (χ1v) is 11.7. The fourth-order valence-electron chi connectivity index (χ4n) is 4.66. The number of nitrogens with one attached hydrogen (secondary N) is 1. The molecule has 1 fully saturated rings. The minimum atomic E-state index is -0.567. The molecule has 6 nitrogen and oxygen atoms in total. The lowest BCUT2D eigenvalue weighted by Crippen LogP contribution is -2.23. The monoisotopic (exact) mass is 423 g/mol. The van der Waals surface area contributed by atoms with Crippen molar-refractivity contribution in [2.24, 2.45) is 10.9 Å². The number of hydrogen-bond acceptors (Lipinski definition) is 5. The number of aliphatic hydroxyl groups is 1. The molecule has 0 bridgehead atoms. The standard InChI is InChI=1S/C25H33N3O3/c1-3-8-18-13-14-21(30)22-24(27-23(26-22)17-9-5-4-6-10-17)28-25(18)31-20-12-7-11-19(15-20)16(2)29/h7,11-12,15-18,29H,3-6,8-10,13-14H2,1-2H3,(H,26,27)/b28-25+. The van der Waals surface area contributed by atoms with Crippen molar-refractivity contribution in [3.05, 3.63) is 41.3 Å². The van der Waals surface area contributed by atoms with E-state index in [1.165, 1.54) is 19.3 Å². The van der Waals surface area contributed by atoms with Crippen LogP contribution in [0.1, 0.15) is 106 Å². The molecule has 1 aliphatic carbocycles. The zero-order chi connectivity index (χ0) is 21.8. The van der Waals surface area contributed by atoms with Crippen LogP contribution in [0.5, 0.6) is 5.75 Å². The molecule has 0 radical (unpaired) electrons. The van der Waals surface area contributed by atoms with Gasteiger partial charge in [-0.1, -0.05) is 44.7 Å². The molecule has 1 aromatic heterocycles. The van der Waals surface area contributed by atoms with Crippen LogP contribution >= 0.6 is 0 Å². The van der Waals surface area contributed by atoms with Crippen molar-refractivity contribution in [1.29, 1.82) is 0 Å². The van der Waals surface area contributed by atoms with Gasteiger partial charge in [0.15, 0.2) is 17.5 Å². The molecule has 0 amide bonds. The zero-order valence-corrected chi connectivity index (χ0v) is 18.6. The Hall–Kier alpha value is -2.47. The average molecular weight is 424 g/mol. The third-order valence-electron chi connectivity index (χ3n) is 6.46. The van der Waals surface area contributed by atoms with Crippen LogP contribution in [0.3, 0.4) is 0 Å². The summed E-state index contributed by atoms with van der Waals surface area (Å²) >= 11 is 0. The SMILES string of the molecule is CCCC1CCC(=O)c2[nH]c(C3CCCCC3)nc2/N=C\1Oc1cccc(C(C)O)c1. The Bertz CT molecular complexity index is 941. The van der Waals surface area contributed by atoms with Gasteiger partial charge in [0.2, 0.25) is 0 Å². The summed E-state index contributed by atoms with van der Waals surface area (Å²) in [6.07, 6.45) is 8.39. The van der Waals surface area contributed by atoms with Crippen molar-refractivity contribution in [1.82, 2.24) is 9.97 Å². The fourth-order valence-corrected chi connectivity index (χ4v) is 4.66. The van der Waals surface area contributed by atoms with E-state index in [0.29, 0.717) is 41.9 Å². The Kier molecular flexibility index (Phi) is 6.86. The van der Waals surface area contributed by atoms with Crippen LogP contribution < -0.4 is 4.74 Å². The maximum absolute atomic E-state index is 12.9. The van der Waals surface area contributed by atoms with Crippen molar-refractivity contribution in [2.45, 2.75) is 83.7 Å². The van der Waals surface area contributed by atoms with Crippen LogP contribution in [0.4, 0.5) is 5.82 Å². The second-order valence-electron chi connectivity index (χ2n) is 8.90. The number of aliphatic imine (C=N–C) groups is 1. The number of hydrogen-bond donors (Lipinski definition) is 2. The fraction of sp³-hybridized carbons (Fsp3) is 0.560. The van der Waals surface area contributed by atoms with Gasteiger partial charge in [-0.15, -0.1) is 0 Å². The summed E-state index contributed by atoms with van der Waals surface area (Å²) < 4.78 is 6.27. The van der Waals surface area contributed by atoms with Gasteiger partial charge < -0.3 is 14.8 Å². The number of fused-ring (bicyclic) bond motifs is 1. The number of H-pyrrole nitrogens is 1. The largest absolute Gasteiger partial charge is 0.443 e. The van der Waals surface area contributed by atoms with Crippen LogP contribution in [0, 0.1) is 5.92 Å². The Morgan fingerprint density at radius 1 is 1.23 bits per heavy atom. The number of carbonyl (C=O) groups is 1. The van der Waals surface area contributed by atoms with Crippen LogP contribution in [0.25, 0.3) is 0 Å². The third-order valence-corrected chi connectivity index (χ3v) is 6.46. The summed E-state index contributed by atoms with van der Waals surface area (Å²) in [5.74, 6) is 3.15. The van der Waals surface area contributed by atoms with E-state index in [1.54, 1.807) is 6.92 Å². The number of carbonyl (C=O) groups excluding carboxylic acids is 1. The smallest absolute Gasteiger partial charge is 0.199 e. The summed E-state index contributed by atoms with van der Waals surface area (Å²) in [7, 11) is 0. The molecule has 0 saturated heterocycles. The first kappa shape index (κ1) is 21.8. The quantitative estimate of drug-likeness (QED) is 0.616. The summed E-state index contributed by atoms with van der Waals surface area (Å²) in [5.41, 5.74) is 1.32. The summed E-state index contributed by atoms with van der Waals surface area (Å²) in [4.78, 5) is 25.8. The molecule has 2 N–H and O–H groups in total. The molecule has 4 rings (SSSR count). The molecule has 1 aromatic carbocycles. The molecule has 2 aliphatic rings. The maximum Gasteiger partial charge on any atom is 0.199 e. The third kappa shape index (κ3) is 5.06. The minimum Gasteiger partial charge on any atom is -0.443 e. The van der Waals surface area contributed by atoms with Gasteiger partial charge in [-0.25, -0.2) is 4.98 Å². The lowest BCUT2D eigenvalue weighted by molar-refractivity contribution is 0.0971. The van der Waals surface area contributed by atoms with E-state index < -0.39 is 6.10 Å². The van der Waals surface area contributed by atoms with Crippen LogP contribution in [0.15, 0.2) is 29.3 Å². The predicted molar refractivity (Wildman–Crippen MR) is 121 cm³/mol. The number of nitrogens with zero attached hydrogens (tertiary/aromatic N) is 2. The number of aliphatic hydroxyl groups excluding tert-OH is 1. The van der Waals surface area contributed by atoms with Crippen molar-refractivity contribution < 1.29 is 14.6 Å². The Balaban J connectivity index is 1.70. The van der Waals surface area contributed by atoms with Crippen molar-refractivity contribution >= 4 is 17.5 Å². The zero-order valence-electron chi connectivity index (χ0n) is 18.6. The van der Waals surface area contributed by atoms with Gasteiger partial charge in [0.05, 0.1) is 6.10 Å². The summed E-state index contributed by atoms with van der Waals surface area (Å²) in [6, 6.07) is 7.47. The van der Waals surface area contributed by atoms with Gasteiger partial charge in [-0.3, -0.25) is 4.79 Å². The summed E-state index contributed by atoms with van der Waals surface area (Å²) in [6.45, 7) is 3.87. The molecule has 2 unspecified atom stereocenters. The number of rotatable bonds is 5. The molecule has 1 aliphatic heterocycles. The van der Waals surface area contributed by atoms with E-state index in [4.69, 9.17) is 14.7 Å². The Morgan fingerprint density at radius 3 is 2.77 bits per heavy atom. The van der Waals surface area contributed by atoms with Gasteiger partial charge in [0.1, 0.15) is 17.3 Å². The molecule has 2 atom stereocenters. The number of aromatic amines is 1. The van der Waals surface area contributed by atoms with E-state index in [9.17, 15) is 9.90 Å². The van der Waals surface area contributed by atoms with E-state index in [0.717, 1.165) is 37.1 Å². The van der Waals surface area contributed by atoms with Crippen LogP contribution in [0.2, 0.25) is 0 Å². The van der Waals surface area contributed by atoms with Gasteiger partial charge in [0, 0.05) is 18.3 Å². The van der Waals surface area contributed by atoms with Gasteiger partial charge in [0.25, 0.3) is 0 Å². The molecule has 31 heavy (non-hydrogen) atoms. The Labute approximate surface area is 184 Å². The summed E-state index contributed by atoms with van der Waals surface area (Å²) in [5, 5.41) is 9.92. The van der Waals surface area contributed by atoms with Crippen LogP contribution in [-0.2, 0) is 0 Å². The number of aromatic nitrogens is 2. The number of ether oxygens (including phenoxy) is 1. The van der Waals surface area contributed by atoms with Gasteiger partial charge >= 0.3 is 0 Å². The molecule has 166 valence electrons. The van der Waals surface area contributed by atoms with Gasteiger partial charge in [-0.05, 0) is 50.3 Å². The molecule has 2 heterocycles. The second kappa shape index (κ2) is 9.77. The molecule has 2 aromatic rings. The normalized spacial score (nSPS) is 22.7. The number of ketones is 1. The molecule has 6 heteroatoms. The van der Waals surface area contributed by atoms with E-state index in [1.807, 2.05) is 24.3 Å². The average Bonchev–Trinajstić information content (AvgIpc) is 3.19. The lowest BCUT2D eigenvalue weighted by Gasteiger charge is -2.21. The van der Waals surface area contributed by atoms with E-state index >= 15 is 0 Å². The first-order valence-electron chi connectivity index (χ1n) is 11.7. The Morgan fingerprint density at radius 2 is 2.03 bits per heavy atom.